The third-order valence-electron chi connectivity index (χ3n) is 2.24. The number of rotatable bonds is 6. The van der Waals surface area contributed by atoms with Gasteiger partial charge in [0, 0.05) is 16.8 Å². The molecule has 3 N–H and O–H groups in total. The molecular weight excluding hydrogens is 247 g/mol. The van der Waals surface area contributed by atoms with Crippen LogP contribution in [-0.2, 0) is 6.42 Å². The minimum absolute atomic E-state index is 0.160. The van der Waals surface area contributed by atoms with E-state index in [1.807, 2.05) is 11.8 Å². The molecule has 1 unspecified atom stereocenters. The maximum Gasteiger partial charge on any atom is 0.124 e. The molecule has 0 bridgehead atoms. The highest BCUT2D eigenvalue weighted by atomic mass is 35.5. The second-order valence-corrected chi connectivity index (χ2v) is 5.19. The van der Waals surface area contributed by atoms with Gasteiger partial charge in [0.15, 0.2) is 0 Å². The van der Waals surface area contributed by atoms with Crippen LogP contribution < -0.4 is 11.3 Å². The third-order valence-corrected chi connectivity index (χ3v) is 3.64. The monoisotopic (exact) mass is 262 g/mol. The van der Waals surface area contributed by atoms with Gasteiger partial charge < -0.3 is 0 Å². The van der Waals surface area contributed by atoms with Crippen molar-refractivity contribution in [2.24, 2.45) is 5.84 Å². The Labute approximate surface area is 105 Å². The van der Waals surface area contributed by atoms with Gasteiger partial charge in [-0.15, -0.1) is 0 Å². The summed E-state index contributed by atoms with van der Waals surface area (Å²) >= 11 is 7.76. The first kappa shape index (κ1) is 13.8. The lowest BCUT2D eigenvalue weighted by Crippen LogP contribution is -2.38. The molecule has 0 aliphatic heterocycles. The summed E-state index contributed by atoms with van der Waals surface area (Å²) in [5.74, 6) is 7.12. The van der Waals surface area contributed by atoms with Crippen LogP contribution in [0, 0.1) is 5.82 Å². The number of nitrogens with one attached hydrogen (secondary N) is 1. The molecule has 0 radical (unpaired) electrons. The van der Waals surface area contributed by atoms with Crippen molar-refractivity contribution in [2.75, 3.05) is 11.5 Å². The van der Waals surface area contributed by atoms with Gasteiger partial charge in [-0.1, -0.05) is 24.6 Å². The summed E-state index contributed by atoms with van der Waals surface area (Å²) in [5.41, 5.74) is 3.67. The van der Waals surface area contributed by atoms with Crippen molar-refractivity contribution < 1.29 is 4.39 Å². The van der Waals surface area contributed by atoms with Gasteiger partial charge in [-0.05, 0) is 29.9 Å². The predicted molar refractivity (Wildman–Crippen MR) is 69.2 cm³/mol. The molecule has 0 amide bonds. The van der Waals surface area contributed by atoms with Gasteiger partial charge in [-0.2, -0.15) is 11.8 Å². The third kappa shape index (κ3) is 4.29. The number of hydrazine groups is 1. The Balaban J connectivity index is 2.62. The average molecular weight is 263 g/mol. The molecule has 0 aliphatic carbocycles. The standard InChI is InChI=1S/C11H16ClFN2S/c1-2-16-7-10(15-14)5-8-3-4-9(13)6-11(8)12/h3-4,6,10,15H,2,5,7,14H2,1H3. The summed E-state index contributed by atoms with van der Waals surface area (Å²) in [6.45, 7) is 2.10. The Bertz CT molecular complexity index is 336. The highest BCUT2D eigenvalue weighted by Crippen LogP contribution is 2.19. The molecule has 1 aromatic rings. The number of benzene rings is 1. The summed E-state index contributed by atoms with van der Waals surface area (Å²) < 4.78 is 12.8. The predicted octanol–water partition coefficient (Wildman–Crippen LogP) is 2.61. The van der Waals surface area contributed by atoms with Crippen LogP contribution in [0.3, 0.4) is 0 Å². The van der Waals surface area contributed by atoms with E-state index in [9.17, 15) is 4.39 Å². The van der Waals surface area contributed by atoms with Crippen molar-refractivity contribution in [2.45, 2.75) is 19.4 Å². The zero-order valence-electron chi connectivity index (χ0n) is 9.17. The van der Waals surface area contributed by atoms with Gasteiger partial charge in [0.2, 0.25) is 0 Å². The first-order chi connectivity index (χ1) is 7.67. The van der Waals surface area contributed by atoms with Gasteiger partial charge in [0.05, 0.1) is 0 Å². The summed E-state index contributed by atoms with van der Waals surface area (Å²) in [6, 6.07) is 4.62. The second-order valence-electron chi connectivity index (χ2n) is 3.46. The van der Waals surface area contributed by atoms with Gasteiger partial charge in [0.1, 0.15) is 5.82 Å². The van der Waals surface area contributed by atoms with Crippen molar-refractivity contribution >= 4 is 23.4 Å². The van der Waals surface area contributed by atoms with Crippen LogP contribution in [0.1, 0.15) is 12.5 Å². The number of thioether (sulfide) groups is 1. The van der Waals surface area contributed by atoms with Crippen LogP contribution in [0.5, 0.6) is 0 Å². The maximum atomic E-state index is 12.8. The van der Waals surface area contributed by atoms with E-state index < -0.39 is 0 Å². The topological polar surface area (TPSA) is 38.0 Å². The van der Waals surface area contributed by atoms with E-state index in [0.717, 1.165) is 17.1 Å². The van der Waals surface area contributed by atoms with Gasteiger partial charge in [-0.3, -0.25) is 11.3 Å². The van der Waals surface area contributed by atoms with Crippen LogP contribution in [0.25, 0.3) is 0 Å². The molecule has 0 fully saturated rings. The van der Waals surface area contributed by atoms with Crippen LogP contribution >= 0.6 is 23.4 Å². The van der Waals surface area contributed by atoms with E-state index in [1.165, 1.54) is 12.1 Å². The molecular formula is C11H16ClFN2S. The SMILES string of the molecule is CCSCC(Cc1ccc(F)cc1Cl)NN. The summed E-state index contributed by atoms with van der Waals surface area (Å²) in [6.07, 6.45) is 0.711. The van der Waals surface area contributed by atoms with E-state index in [0.29, 0.717) is 11.4 Å². The average Bonchev–Trinajstić information content (AvgIpc) is 2.27. The molecule has 5 heteroatoms. The zero-order chi connectivity index (χ0) is 12.0. The van der Waals surface area contributed by atoms with E-state index >= 15 is 0 Å². The molecule has 90 valence electrons. The molecule has 1 atom stereocenters. The molecule has 1 aromatic carbocycles. The minimum Gasteiger partial charge on any atom is -0.271 e. The van der Waals surface area contributed by atoms with Crippen molar-refractivity contribution in [1.82, 2.24) is 5.43 Å². The lowest BCUT2D eigenvalue weighted by atomic mass is 10.1. The van der Waals surface area contributed by atoms with Gasteiger partial charge in [-0.25, -0.2) is 4.39 Å². The molecule has 1 rings (SSSR count). The first-order valence-electron chi connectivity index (χ1n) is 5.15. The van der Waals surface area contributed by atoms with Gasteiger partial charge >= 0.3 is 0 Å². The normalized spacial score (nSPS) is 12.8. The molecule has 0 spiro atoms. The molecule has 0 saturated carbocycles. The van der Waals surface area contributed by atoms with E-state index in [2.05, 4.69) is 12.3 Å². The highest BCUT2D eigenvalue weighted by molar-refractivity contribution is 7.99. The van der Waals surface area contributed by atoms with Crippen LogP contribution in [0.15, 0.2) is 18.2 Å². The summed E-state index contributed by atoms with van der Waals surface area (Å²) in [4.78, 5) is 0. The van der Waals surface area contributed by atoms with E-state index in [-0.39, 0.29) is 11.9 Å². The first-order valence-corrected chi connectivity index (χ1v) is 6.68. The van der Waals surface area contributed by atoms with E-state index in [4.69, 9.17) is 17.4 Å². The van der Waals surface area contributed by atoms with E-state index in [1.54, 1.807) is 6.07 Å². The molecule has 0 saturated heterocycles. The number of hydrogen-bond acceptors (Lipinski definition) is 3. The zero-order valence-corrected chi connectivity index (χ0v) is 10.7. The fourth-order valence-electron chi connectivity index (χ4n) is 1.38. The number of nitrogens with two attached hydrogens (primary N) is 1. The van der Waals surface area contributed by atoms with Crippen molar-refractivity contribution in [3.63, 3.8) is 0 Å². The Morgan fingerprint density at radius 3 is 2.88 bits per heavy atom. The number of hydrogen-bond donors (Lipinski definition) is 2. The fourth-order valence-corrected chi connectivity index (χ4v) is 2.36. The summed E-state index contributed by atoms with van der Waals surface area (Å²) in [5, 5.41) is 0.460. The smallest absolute Gasteiger partial charge is 0.124 e. The molecule has 0 aromatic heterocycles. The summed E-state index contributed by atoms with van der Waals surface area (Å²) in [7, 11) is 0. The molecule has 0 aliphatic rings. The lowest BCUT2D eigenvalue weighted by molar-refractivity contribution is 0.574. The number of halogens is 2. The Kier molecular flexibility index (Phi) is 6.13. The quantitative estimate of drug-likeness (QED) is 0.611. The second kappa shape index (κ2) is 7.12. The molecule has 0 heterocycles. The maximum absolute atomic E-state index is 12.8. The lowest BCUT2D eigenvalue weighted by Gasteiger charge is -2.15. The Morgan fingerprint density at radius 2 is 2.31 bits per heavy atom. The van der Waals surface area contributed by atoms with Crippen LogP contribution in [-0.4, -0.2) is 17.5 Å². The Morgan fingerprint density at radius 1 is 1.56 bits per heavy atom. The van der Waals surface area contributed by atoms with Crippen LogP contribution in [0.2, 0.25) is 5.02 Å². The molecule has 16 heavy (non-hydrogen) atoms. The fraction of sp³-hybridized carbons (Fsp3) is 0.455. The highest BCUT2D eigenvalue weighted by Gasteiger charge is 2.10. The Hall–Kier alpha value is -0.290. The van der Waals surface area contributed by atoms with Crippen molar-refractivity contribution in [3.05, 3.63) is 34.6 Å². The van der Waals surface area contributed by atoms with Crippen molar-refractivity contribution in [1.29, 1.82) is 0 Å². The van der Waals surface area contributed by atoms with Gasteiger partial charge in [0.25, 0.3) is 0 Å². The largest absolute Gasteiger partial charge is 0.271 e. The molecule has 2 nitrogen and oxygen atoms in total. The van der Waals surface area contributed by atoms with Crippen molar-refractivity contribution in [3.8, 4) is 0 Å². The van der Waals surface area contributed by atoms with Crippen LogP contribution in [0.4, 0.5) is 4.39 Å². The minimum atomic E-state index is -0.311.